The Hall–Kier alpha value is -2.19. The molecule has 0 radical (unpaired) electrons. The normalized spacial score (nSPS) is 22.1. The van der Waals surface area contributed by atoms with Crippen LogP contribution in [0, 0.1) is 16.7 Å². The number of rotatable bonds is 5. The molecule has 0 spiro atoms. The van der Waals surface area contributed by atoms with Crippen LogP contribution in [0.25, 0.3) is 0 Å². The molecule has 22 heavy (non-hydrogen) atoms. The van der Waals surface area contributed by atoms with Crippen molar-refractivity contribution in [1.29, 1.82) is 5.26 Å². The molecule has 0 unspecified atom stereocenters. The first-order valence-corrected chi connectivity index (χ1v) is 7.46. The van der Waals surface area contributed by atoms with Gasteiger partial charge in [-0.2, -0.15) is 5.26 Å². The maximum Gasteiger partial charge on any atom is 0.322 e. The number of carbonyl (C=O) groups excluding carboxylic acids is 2. The zero-order valence-corrected chi connectivity index (χ0v) is 12.7. The predicted molar refractivity (Wildman–Crippen MR) is 80.6 cm³/mol. The molecule has 2 rings (SSSR count). The van der Waals surface area contributed by atoms with E-state index in [-0.39, 0.29) is 31.8 Å². The summed E-state index contributed by atoms with van der Waals surface area (Å²) in [5, 5.41) is 9.07. The summed E-state index contributed by atoms with van der Waals surface area (Å²) in [5.74, 6) is -0.754. The van der Waals surface area contributed by atoms with Crippen LogP contribution in [-0.4, -0.2) is 36.3 Å². The van der Waals surface area contributed by atoms with Gasteiger partial charge in [0.2, 0.25) is 0 Å². The number of benzene rings is 1. The number of ether oxygens (including phenoxy) is 1. The van der Waals surface area contributed by atoms with Crippen molar-refractivity contribution in [2.24, 2.45) is 5.41 Å². The molecule has 5 nitrogen and oxygen atoms in total. The lowest BCUT2D eigenvalue weighted by Gasteiger charge is -2.38. The first-order chi connectivity index (χ1) is 10.6. The maximum absolute atomic E-state index is 12.3. The molecule has 1 aromatic rings. The van der Waals surface area contributed by atoms with Gasteiger partial charge in [-0.05, 0) is 12.5 Å². The summed E-state index contributed by atoms with van der Waals surface area (Å²) < 4.78 is 5.07. The van der Waals surface area contributed by atoms with E-state index in [1.807, 2.05) is 41.3 Å². The smallest absolute Gasteiger partial charge is 0.322 e. The van der Waals surface area contributed by atoms with E-state index in [1.54, 1.807) is 6.92 Å². The van der Waals surface area contributed by atoms with Crippen molar-refractivity contribution in [3.63, 3.8) is 0 Å². The number of nitrogens with zero attached hydrogens (tertiary/aromatic N) is 2. The van der Waals surface area contributed by atoms with E-state index in [0.717, 1.165) is 5.56 Å². The van der Waals surface area contributed by atoms with Crippen LogP contribution in [0.4, 0.5) is 0 Å². The van der Waals surface area contributed by atoms with Crippen LogP contribution in [0.2, 0.25) is 0 Å². The molecule has 0 aromatic heterocycles. The molecule has 1 atom stereocenters. The van der Waals surface area contributed by atoms with Crippen LogP contribution in [-0.2, 0) is 20.9 Å². The van der Waals surface area contributed by atoms with Gasteiger partial charge in [0.15, 0.2) is 11.2 Å². The number of likely N-dealkylation sites (tertiary alicyclic amines) is 1. The number of piperidine rings is 1. The van der Waals surface area contributed by atoms with E-state index in [0.29, 0.717) is 13.1 Å². The third kappa shape index (κ3) is 3.34. The van der Waals surface area contributed by atoms with Gasteiger partial charge in [-0.25, -0.2) is 0 Å². The highest BCUT2D eigenvalue weighted by Crippen LogP contribution is 2.32. The molecule has 0 amide bonds. The molecule has 1 saturated heterocycles. The molecule has 0 aliphatic carbocycles. The molecule has 1 aliphatic heterocycles. The number of ketones is 1. The second-order valence-electron chi connectivity index (χ2n) is 5.51. The van der Waals surface area contributed by atoms with Crippen LogP contribution in [0.1, 0.15) is 25.3 Å². The molecule has 0 N–H and O–H groups in total. The van der Waals surface area contributed by atoms with Crippen molar-refractivity contribution < 1.29 is 14.3 Å². The number of esters is 1. The Morgan fingerprint density at radius 2 is 2.14 bits per heavy atom. The van der Waals surface area contributed by atoms with E-state index in [4.69, 9.17) is 10.00 Å². The summed E-state index contributed by atoms with van der Waals surface area (Å²) in [4.78, 5) is 26.7. The second-order valence-corrected chi connectivity index (χ2v) is 5.51. The summed E-state index contributed by atoms with van der Waals surface area (Å²) >= 11 is 0. The van der Waals surface area contributed by atoms with Gasteiger partial charge in [-0.15, -0.1) is 0 Å². The van der Waals surface area contributed by atoms with Gasteiger partial charge in [0.1, 0.15) is 0 Å². The molecular weight excluding hydrogens is 280 g/mol. The fraction of sp³-hybridized carbons (Fsp3) is 0.471. The van der Waals surface area contributed by atoms with E-state index < -0.39 is 11.4 Å². The molecule has 5 heteroatoms. The molecular formula is C17H20N2O3. The monoisotopic (exact) mass is 300 g/mol. The second kappa shape index (κ2) is 7.19. The lowest BCUT2D eigenvalue weighted by molar-refractivity contribution is -0.164. The van der Waals surface area contributed by atoms with E-state index in [9.17, 15) is 9.59 Å². The lowest BCUT2D eigenvalue weighted by atomic mass is 9.76. The summed E-state index contributed by atoms with van der Waals surface area (Å²) in [5.41, 5.74) is -0.218. The lowest BCUT2D eigenvalue weighted by Crippen LogP contribution is -2.54. The first-order valence-electron chi connectivity index (χ1n) is 7.46. The van der Waals surface area contributed by atoms with Crippen LogP contribution < -0.4 is 0 Å². The van der Waals surface area contributed by atoms with E-state index >= 15 is 0 Å². The van der Waals surface area contributed by atoms with E-state index in [2.05, 4.69) is 0 Å². The third-order valence-electron chi connectivity index (χ3n) is 3.98. The number of nitriles is 1. The van der Waals surface area contributed by atoms with Crippen molar-refractivity contribution in [1.82, 2.24) is 4.90 Å². The van der Waals surface area contributed by atoms with Gasteiger partial charge in [-0.1, -0.05) is 30.3 Å². The molecule has 0 saturated carbocycles. The predicted octanol–water partition coefficient (Wildman–Crippen LogP) is 1.92. The standard InChI is InChI=1S/C17H20N2O3/c1-2-22-16(21)17(9-10-18)13-19(11-8-15(17)20)12-14-6-4-3-5-7-14/h3-7H,2,8-9,11-13H2,1H3/t17-/m1/s1. The Kier molecular flexibility index (Phi) is 5.29. The number of carbonyl (C=O) groups is 2. The minimum atomic E-state index is -1.34. The zero-order chi connectivity index (χ0) is 16.0. The van der Waals surface area contributed by atoms with Gasteiger partial charge in [0.25, 0.3) is 0 Å². The SMILES string of the molecule is CCOC(=O)[C@]1(CC#N)CN(Cc2ccccc2)CCC1=O. The van der Waals surface area contributed by atoms with Crippen molar-refractivity contribution >= 4 is 11.8 Å². The highest BCUT2D eigenvalue weighted by molar-refractivity contribution is 6.05. The Bertz CT molecular complexity index is 579. The first kappa shape index (κ1) is 16.2. The average molecular weight is 300 g/mol. The number of Topliss-reactive ketones (excluding diaryl/α,β-unsaturated/α-hetero) is 1. The summed E-state index contributed by atoms with van der Waals surface area (Å²) in [6, 6.07) is 11.9. The minimum Gasteiger partial charge on any atom is -0.465 e. The van der Waals surface area contributed by atoms with Crippen molar-refractivity contribution in [3.05, 3.63) is 35.9 Å². The Morgan fingerprint density at radius 3 is 2.77 bits per heavy atom. The van der Waals surface area contributed by atoms with Crippen LogP contribution >= 0.6 is 0 Å². The number of hydrogen-bond donors (Lipinski definition) is 0. The van der Waals surface area contributed by atoms with Crippen molar-refractivity contribution in [2.75, 3.05) is 19.7 Å². The molecule has 1 aromatic carbocycles. The van der Waals surface area contributed by atoms with E-state index in [1.165, 1.54) is 0 Å². The minimum absolute atomic E-state index is 0.129. The Labute approximate surface area is 130 Å². The average Bonchev–Trinajstić information content (AvgIpc) is 2.52. The maximum atomic E-state index is 12.3. The van der Waals surface area contributed by atoms with Crippen LogP contribution in [0.5, 0.6) is 0 Å². The highest BCUT2D eigenvalue weighted by Gasteiger charge is 2.50. The topological polar surface area (TPSA) is 70.4 Å². The van der Waals surface area contributed by atoms with Gasteiger partial charge in [0, 0.05) is 26.1 Å². The van der Waals surface area contributed by atoms with Gasteiger partial charge >= 0.3 is 5.97 Å². The fourth-order valence-electron chi connectivity index (χ4n) is 2.83. The molecule has 0 bridgehead atoms. The van der Waals surface area contributed by atoms with Crippen LogP contribution in [0.15, 0.2) is 30.3 Å². The molecule has 116 valence electrons. The van der Waals surface area contributed by atoms with Crippen LogP contribution in [0.3, 0.4) is 0 Å². The van der Waals surface area contributed by atoms with Crippen molar-refractivity contribution in [2.45, 2.75) is 26.3 Å². The Balaban J connectivity index is 2.19. The van der Waals surface area contributed by atoms with Crippen molar-refractivity contribution in [3.8, 4) is 6.07 Å². The fourth-order valence-corrected chi connectivity index (χ4v) is 2.83. The van der Waals surface area contributed by atoms with Gasteiger partial charge < -0.3 is 4.74 Å². The molecule has 1 heterocycles. The highest BCUT2D eigenvalue weighted by atomic mass is 16.5. The summed E-state index contributed by atoms with van der Waals surface area (Å²) in [7, 11) is 0. The quantitative estimate of drug-likeness (QED) is 0.614. The molecule has 1 aliphatic rings. The zero-order valence-electron chi connectivity index (χ0n) is 12.7. The van der Waals surface area contributed by atoms with Gasteiger partial charge in [-0.3, -0.25) is 14.5 Å². The Morgan fingerprint density at radius 1 is 1.41 bits per heavy atom. The largest absolute Gasteiger partial charge is 0.465 e. The molecule has 1 fully saturated rings. The van der Waals surface area contributed by atoms with Gasteiger partial charge in [0.05, 0.1) is 19.1 Å². The third-order valence-corrected chi connectivity index (χ3v) is 3.98. The summed E-state index contributed by atoms with van der Waals surface area (Å²) in [6.07, 6.45) is 0.142. The summed E-state index contributed by atoms with van der Waals surface area (Å²) in [6.45, 7) is 3.40. The number of hydrogen-bond acceptors (Lipinski definition) is 5.